The normalized spacial score (nSPS) is 15.9. The Balaban J connectivity index is 1.65. The Hall–Kier alpha value is -1.87. The zero-order chi connectivity index (χ0) is 14.5. The molecule has 2 aromatic rings. The molecule has 0 spiro atoms. The second-order valence-corrected chi connectivity index (χ2v) is 5.52. The van der Waals surface area contributed by atoms with Crippen LogP contribution >= 0.6 is 0 Å². The number of piperidine rings is 1. The molecular weight excluding hydrogens is 265 g/mol. The van der Waals surface area contributed by atoms with Crippen LogP contribution in [0.2, 0.25) is 0 Å². The van der Waals surface area contributed by atoms with Crippen molar-refractivity contribution in [3.8, 4) is 5.75 Å². The number of ether oxygens (including phenoxy) is 1. The van der Waals surface area contributed by atoms with Crippen LogP contribution in [0.15, 0.2) is 48.5 Å². The molecule has 1 heterocycles. The Morgan fingerprint density at radius 3 is 2.67 bits per heavy atom. The van der Waals surface area contributed by atoms with Gasteiger partial charge in [0, 0.05) is 6.07 Å². The van der Waals surface area contributed by atoms with Gasteiger partial charge in [-0.2, -0.15) is 0 Å². The quantitative estimate of drug-likeness (QED) is 0.920. The van der Waals surface area contributed by atoms with Gasteiger partial charge in [-0.25, -0.2) is 4.39 Å². The third kappa shape index (κ3) is 3.82. The Morgan fingerprint density at radius 1 is 1.05 bits per heavy atom. The molecule has 110 valence electrons. The van der Waals surface area contributed by atoms with Gasteiger partial charge in [0.15, 0.2) is 0 Å². The van der Waals surface area contributed by atoms with Crippen LogP contribution in [0.5, 0.6) is 5.75 Å². The molecule has 0 amide bonds. The zero-order valence-corrected chi connectivity index (χ0v) is 12.0. The van der Waals surface area contributed by atoms with Crippen LogP contribution in [0.3, 0.4) is 0 Å². The van der Waals surface area contributed by atoms with Gasteiger partial charge in [0.05, 0.1) is 0 Å². The first-order valence-electron chi connectivity index (χ1n) is 7.49. The molecule has 0 radical (unpaired) electrons. The Morgan fingerprint density at radius 2 is 1.86 bits per heavy atom. The Kier molecular flexibility index (Phi) is 4.51. The van der Waals surface area contributed by atoms with Crippen molar-refractivity contribution >= 4 is 0 Å². The number of nitrogens with one attached hydrogen (secondary N) is 1. The van der Waals surface area contributed by atoms with E-state index in [4.69, 9.17) is 4.74 Å². The van der Waals surface area contributed by atoms with E-state index in [1.54, 1.807) is 12.1 Å². The molecule has 2 aromatic carbocycles. The summed E-state index contributed by atoms with van der Waals surface area (Å²) in [5, 5.41) is 3.39. The molecule has 0 aromatic heterocycles. The molecule has 1 aliphatic rings. The van der Waals surface area contributed by atoms with Crippen molar-refractivity contribution in [2.75, 3.05) is 13.1 Å². The van der Waals surface area contributed by atoms with Gasteiger partial charge in [-0.15, -0.1) is 0 Å². The van der Waals surface area contributed by atoms with Crippen molar-refractivity contribution in [3.63, 3.8) is 0 Å². The monoisotopic (exact) mass is 285 g/mol. The van der Waals surface area contributed by atoms with E-state index in [1.807, 2.05) is 0 Å². The highest BCUT2D eigenvalue weighted by Gasteiger charge is 2.15. The molecule has 3 rings (SSSR count). The lowest BCUT2D eigenvalue weighted by Gasteiger charge is -2.23. The molecule has 0 saturated carbocycles. The summed E-state index contributed by atoms with van der Waals surface area (Å²) in [4.78, 5) is 0. The molecule has 1 fully saturated rings. The van der Waals surface area contributed by atoms with Crippen molar-refractivity contribution in [3.05, 3.63) is 65.5 Å². The first-order chi connectivity index (χ1) is 10.3. The van der Waals surface area contributed by atoms with Crippen molar-refractivity contribution in [1.29, 1.82) is 0 Å². The van der Waals surface area contributed by atoms with Crippen LogP contribution in [-0.2, 0) is 6.61 Å². The number of halogens is 1. The minimum atomic E-state index is -0.268. The van der Waals surface area contributed by atoms with Crippen LogP contribution in [-0.4, -0.2) is 13.1 Å². The fourth-order valence-electron chi connectivity index (χ4n) is 2.82. The first kappa shape index (κ1) is 14.1. The minimum Gasteiger partial charge on any atom is -0.489 e. The zero-order valence-electron chi connectivity index (χ0n) is 12.0. The molecule has 0 atom stereocenters. The predicted molar refractivity (Wildman–Crippen MR) is 82.0 cm³/mol. The van der Waals surface area contributed by atoms with E-state index >= 15 is 0 Å². The highest BCUT2D eigenvalue weighted by atomic mass is 19.1. The fourth-order valence-corrected chi connectivity index (χ4v) is 2.82. The Bertz CT molecular complexity index is 593. The summed E-state index contributed by atoms with van der Waals surface area (Å²) >= 11 is 0. The van der Waals surface area contributed by atoms with Gasteiger partial charge in [-0.1, -0.05) is 30.3 Å². The van der Waals surface area contributed by atoms with Crippen molar-refractivity contribution in [1.82, 2.24) is 5.32 Å². The van der Waals surface area contributed by atoms with Crippen molar-refractivity contribution < 1.29 is 9.13 Å². The third-order valence-electron chi connectivity index (χ3n) is 3.96. The minimum absolute atomic E-state index is 0.268. The highest BCUT2D eigenvalue weighted by Crippen LogP contribution is 2.26. The molecular formula is C18H20FNO. The lowest BCUT2D eigenvalue weighted by molar-refractivity contribution is 0.304. The van der Waals surface area contributed by atoms with E-state index in [2.05, 4.69) is 29.6 Å². The molecule has 0 aliphatic carbocycles. The van der Waals surface area contributed by atoms with Gasteiger partial charge < -0.3 is 10.1 Å². The van der Waals surface area contributed by atoms with E-state index < -0.39 is 0 Å². The lowest BCUT2D eigenvalue weighted by atomic mass is 9.89. The van der Waals surface area contributed by atoms with Crippen LogP contribution in [0.25, 0.3) is 0 Å². The summed E-state index contributed by atoms with van der Waals surface area (Å²) in [6.07, 6.45) is 2.38. The van der Waals surface area contributed by atoms with E-state index in [0.717, 1.165) is 18.7 Å². The topological polar surface area (TPSA) is 21.3 Å². The van der Waals surface area contributed by atoms with Gasteiger partial charge in [0.25, 0.3) is 0 Å². The second kappa shape index (κ2) is 6.72. The van der Waals surface area contributed by atoms with Crippen LogP contribution in [0.4, 0.5) is 4.39 Å². The molecule has 21 heavy (non-hydrogen) atoms. The van der Waals surface area contributed by atoms with Crippen molar-refractivity contribution in [2.45, 2.75) is 25.4 Å². The number of rotatable bonds is 4. The van der Waals surface area contributed by atoms with E-state index in [1.165, 1.54) is 30.5 Å². The molecule has 2 nitrogen and oxygen atoms in total. The molecule has 1 N–H and O–H groups in total. The maximum atomic E-state index is 13.1. The van der Waals surface area contributed by atoms with Gasteiger partial charge in [-0.05, 0) is 55.1 Å². The maximum absolute atomic E-state index is 13.1. The SMILES string of the molecule is Fc1cccc(OCc2cccc(C3CCNCC3)c2)c1. The van der Waals surface area contributed by atoms with Gasteiger partial charge in [0.2, 0.25) is 0 Å². The summed E-state index contributed by atoms with van der Waals surface area (Å²) in [7, 11) is 0. The standard InChI is InChI=1S/C18H20FNO/c19-17-5-2-6-18(12-17)21-13-14-3-1-4-16(11-14)15-7-9-20-10-8-15/h1-6,11-12,15,20H,7-10,13H2. The molecule has 1 aliphatic heterocycles. The van der Waals surface area contributed by atoms with Crippen LogP contribution < -0.4 is 10.1 Å². The predicted octanol–water partition coefficient (Wildman–Crippen LogP) is 3.87. The number of benzene rings is 2. The number of hydrogen-bond acceptors (Lipinski definition) is 2. The van der Waals surface area contributed by atoms with Crippen LogP contribution in [0, 0.1) is 5.82 Å². The Labute approximate surface area is 125 Å². The average Bonchev–Trinajstić information content (AvgIpc) is 2.54. The second-order valence-electron chi connectivity index (χ2n) is 5.52. The highest BCUT2D eigenvalue weighted by molar-refractivity contribution is 5.28. The van der Waals surface area contributed by atoms with Gasteiger partial charge in [0.1, 0.15) is 18.2 Å². The summed E-state index contributed by atoms with van der Waals surface area (Å²) in [5.74, 6) is 0.943. The van der Waals surface area contributed by atoms with Gasteiger partial charge in [-0.3, -0.25) is 0 Å². The van der Waals surface area contributed by atoms with Gasteiger partial charge >= 0.3 is 0 Å². The molecule has 1 saturated heterocycles. The molecule has 3 heteroatoms. The summed E-state index contributed by atoms with van der Waals surface area (Å²) in [5.41, 5.74) is 2.52. The first-order valence-corrected chi connectivity index (χ1v) is 7.49. The summed E-state index contributed by atoms with van der Waals surface area (Å²) in [6.45, 7) is 2.66. The molecule has 0 unspecified atom stereocenters. The molecule has 0 bridgehead atoms. The smallest absolute Gasteiger partial charge is 0.126 e. The average molecular weight is 285 g/mol. The maximum Gasteiger partial charge on any atom is 0.126 e. The largest absolute Gasteiger partial charge is 0.489 e. The van der Waals surface area contributed by atoms with Crippen LogP contribution in [0.1, 0.15) is 29.9 Å². The van der Waals surface area contributed by atoms with E-state index in [0.29, 0.717) is 18.3 Å². The number of hydrogen-bond donors (Lipinski definition) is 1. The summed E-state index contributed by atoms with van der Waals surface area (Å²) in [6, 6.07) is 14.8. The van der Waals surface area contributed by atoms with E-state index in [-0.39, 0.29) is 5.82 Å². The fraction of sp³-hybridized carbons (Fsp3) is 0.333. The third-order valence-corrected chi connectivity index (χ3v) is 3.96. The van der Waals surface area contributed by atoms with Crippen molar-refractivity contribution in [2.24, 2.45) is 0 Å². The lowest BCUT2D eigenvalue weighted by Crippen LogP contribution is -2.26. The summed E-state index contributed by atoms with van der Waals surface area (Å²) < 4.78 is 18.8. The van der Waals surface area contributed by atoms with E-state index in [9.17, 15) is 4.39 Å².